The van der Waals surface area contributed by atoms with E-state index in [1.807, 2.05) is 52.5 Å². The third kappa shape index (κ3) is 2.19. The summed E-state index contributed by atoms with van der Waals surface area (Å²) >= 11 is 4.80. The van der Waals surface area contributed by atoms with E-state index in [9.17, 15) is 4.79 Å². The Morgan fingerprint density at radius 2 is 1.39 bits per heavy atom. The average molecular weight is 290 g/mol. The van der Waals surface area contributed by atoms with Gasteiger partial charge in [-0.15, -0.1) is 34.0 Å². The van der Waals surface area contributed by atoms with Gasteiger partial charge in [0.15, 0.2) is 5.78 Å². The van der Waals surface area contributed by atoms with Crippen LogP contribution in [-0.2, 0) is 0 Å². The first kappa shape index (κ1) is 11.8. The Balaban J connectivity index is 2.04. The van der Waals surface area contributed by atoms with Crippen molar-refractivity contribution in [2.75, 3.05) is 0 Å². The number of carbonyl (C=O) groups is 1. The van der Waals surface area contributed by atoms with Gasteiger partial charge in [-0.05, 0) is 34.3 Å². The van der Waals surface area contributed by atoms with E-state index in [-0.39, 0.29) is 11.7 Å². The van der Waals surface area contributed by atoms with Gasteiger partial charge >= 0.3 is 0 Å². The van der Waals surface area contributed by atoms with Crippen LogP contribution < -0.4 is 0 Å². The summed E-state index contributed by atoms with van der Waals surface area (Å²) in [6.07, 6.45) is 0. The summed E-state index contributed by atoms with van der Waals surface area (Å²) in [4.78, 5) is 15.7. The van der Waals surface area contributed by atoms with Gasteiger partial charge in [0.2, 0.25) is 0 Å². The third-order valence-corrected chi connectivity index (χ3v) is 5.44. The molecule has 0 N–H and O–H groups in total. The molecule has 3 aromatic rings. The van der Waals surface area contributed by atoms with Crippen molar-refractivity contribution < 1.29 is 4.79 Å². The highest BCUT2D eigenvalue weighted by Gasteiger charge is 2.26. The molecule has 0 amide bonds. The lowest BCUT2D eigenvalue weighted by atomic mass is 9.99. The molecular weight excluding hydrogens is 280 g/mol. The standard InChI is InChI=1S/C14H10OS3/c15-14(12-6-3-9-18-12)13(10-4-1-7-16-10)11-5-2-8-17-11/h1-9,13H. The SMILES string of the molecule is O=C(c1cccs1)C(c1cccs1)c1cccs1. The summed E-state index contributed by atoms with van der Waals surface area (Å²) in [5.74, 6) is 0.0681. The maximum Gasteiger partial charge on any atom is 0.186 e. The molecule has 0 bridgehead atoms. The molecule has 0 fully saturated rings. The maximum absolute atomic E-state index is 12.6. The van der Waals surface area contributed by atoms with E-state index in [0.717, 1.165) is 14.6 Å². The Hall–Kier alpha value is -1.23. The molecule has 3 aromatic heterocycles. The second kappa shape index (κ2) is 5.18. The molecule has 0 aliphatic heterocycles. The molecule has 0 aliphatic carbocycles. The van der Waals surface area contributed by atoms with E-state index in [4.69, 9.17) is 0 Å². The Kier molecular flexibility index (Phi) is 3.41. The fourth-order valence-corrected chi connectivity index (χ4v) is 4.32. The first-order valence-electron chi connectivity index (χ1n) is 5.51. The Bertz CT molecular complexity index is 572. The first-order valence-corrected chi connectivity index (χ1v) is 8.14. The van der Waals surface area contributed by atoms with Gasteiger partial charge in [-0.25, -0.2) is 0 Å². The van der Waals surface area contributed by atoms with Crippen molar-refractivity contribution in [3.8, 4) is 0 Å². The van der Waals surface area contributed by atoms with E-state index in [0.29, 0.717) is 0 Å². The van der Waals surface area contributed by atoms with E-state index >= 15 is 0 Å². The predicted molar refractivity (Wildman–Crippen MR) is 79.1 cm³/mol. The predicted octanol–water partition coefficient (Wildman–Crippen LogP) is 4.89. The topological polar surface area (TPSA) is 17.1 Å². The fourth-order valence-electron chi connectivity index (χ4n) is 1.87. The maximum atomic E-state index is 12.6. The highest BCUT2D eigenvalue weighted by atomic mass is 32.1. The largest absolute Gasteiger partial charge is 0.292 e. The molecule has 0 atom stereocenters. The number of carbonyl (C=O) groups excluding carboxylic acids is 1. The summed E-state index contributed by atoms with van der Waals surface area (Å²) < 4.78 is 0. The van der Waals surface area contributed by atoms with Gasteiger partial charge in [0.25, 0.3) is 0 Å². The first-order chi connectivity index (χ1) is 8.86. The van der Waals surface area contributed by atoms with Crippen molar-refractivity contribution in [3.63, 3.8) is 0 Å². The highest BCUT2D eigenvalue weighted by Crippen LogP contribution is 2.34. The fraction of sp³-hybridized carbons (Fsp3) is 0.0714. The van der Waals surface area contributed by atoms with Gasteiger partial charge in [-0.3, -0.25) is 4.79 Å². The number of ketones is 1. The zero-order chi connectivity index (χ0) is 12.4. The molecule has 3 rings (SSSR count). The van der Waals surface area contributed by atoms with Gasteiger partial charge in [0.05, 0.1) is 10.8 Å². The summed E-state index contributed by atoms with van der Waals surface area (Å²) in [5.41, 5.74) is 0. The van der Waals surface area contributed by atoms with Gasteiger partial charge in [0, 0.05) is 9.75 Å². The summed E-state index contributed by atoms with van der Waals surface area (Å²) in [5, 5.41) is 6.00. The smallest absolute Gasteiger partial charge is 0.186 e. The normalized spacial score (nSPS) is 10.9. The molecular formula is C14H10OS3. The number of Topliss-reactive ketones (excluding diaryl/α,β-unsaturated/α-hetero) is 1. The molecule has 0 radical (unpaired) electrons. The van der Waals surface area contributed by atoms with Gasteiger partial charge in [-0.2, -0.15) is 0 Å². The Labute approximate surface area is 117 Å². The minimum atomic E-state index is -0.136. The van der Waals surface area contributed by atoms with Gasteiger partial charge in [-0.1, -0.05) is 18.2 Å². The van der Waals surface area contributed by atoms with Gasteiger partial charge in [0.1, 0.15) is 0 Å². The van der Waals surface area contributed by atoms with Gasteiger partial charge < -0.3 is 0 Å². The quantitative estimate of drug-likeness (QED) is 0.625. The molecule has 0 aromatic carbocycles. The lowest BCUT2D eigenvalue weighted by Crippen LogP contribution is -2.10. The molecule has 0 saturated carbocycles. The Morgan fingerprint density at radius 1 is 0.833 bits per heavy atom. The molecule has 1 nitrogen and oxygen atoms in total. The molecule has 18 heavy (non-hydrogen) atoms. The van der Waals surface area contributed by atoms with Crippen LogP contribution in [0.25, 0.3) is 0 Å². The van der Waals surface area contributed by atoms with Crippen molar-refractivity contribution in [1.29, 1.82) is 0 Å². The van der Waals surface area contributed by atoms with Crippen molar-refractivity contribution in [2.24, 2.45) is 0 Å². The molecule has 0 unspecified atom stereocenters. The minimum absolute atomic E-state index is 0.136. The monoisotopic (exact) mass is 290 g/mol. The summed E-state index contributed by atoms with van der Waals surface area (Å²) in [6, 6.07) is 11.9. The van der Waals surface area contributed by atoms with Crippen LogP contribution in [0, 0.1) is 0 Å². The van der Waals surface area contributed by atoms with Crippen molar-refractivity contribution in [3.05, 3.63) is 67.2 Å². The number of hydrogen-bond donors (Lipinski definition) is 0. The zero-order valence-corrected chi connectivity index (χ0v) is 11.9. The second-order valence-corrected chi connectivity index (χ2v) is 6.71. The molecule has 0 saturated heterocycles. The molecule has 0 aliphatic rings. The molecule has 3 heterocycles. The average Bonchev–Trinajstić information content (AvgIpc) is 3.14. The number of thiophene rings is 3. The molecule has 0 spiro atoms. The van der Waals surface area contributed by atoms with E-state index in [1.165, 1.54) is 11.3 Å². The van der Waals surface area contributed by atoms with Crippen molar-refractivity contribution in [2.45, 2.75) is 5.92 Å². The van der Waals surface area contributed by atoms with Crippen LogP contribution in [0.1, 0.15) is 25.3 Å². The third-order valence-electron chi connectivity index (χ3n) is 2.68. The van der Waals surface area contributed by atoms with Crippen LogP contribution in [0.2, 0.25) is 0 Å². The van der Waals surface area contributed by atoms with Crippen LogP contribution in [0.3, 0.4) is 0 Å². The molecule has 90 valence electrons. The number of hydrogen-bond acceptors (Lipinski definition) is 4. The van der Waals surface area contributed by atoms with E-state index < -0.39 is 0 Å². The van der Waals surface area contributed by atoms with Crippen molar-refractivity contribution in [1.82, 2.24) is 0 Å². The minimum Gasteiger partial charge on any atom is -0.292 e. The van der Waals surface area contributed by atoms with Crippen molar-refractivity contribution >= 4 is 39.8 Å². The second-order valence-electron chi connectivity index (χ2n) is 3.81. The lowest BCUT2D eigenvalue weighted by molar-refractivity contribution is 0.0980. The lowest BCUT2D eigenvalue weighted by Gasteiger charge is -2.11. The zero-order valence-electron chi connectivity index (χ0n) is 9.41. The van der Waals surface area contributed by atoms with Crippen LogP contribution in [0.15, 0.2) is 52.5 Å². The van der Waals surface area contributed by atoms with Crippen LogP contribution in [-0.4, -0.2) is 5.78 Å². The van der Waals surface area contributed by atoms with Crippen LogP contribution in [0.4, 0.5) is 0 Å². The summed E-state index contributed by atoms with van der Waals surface area (Å²) in [6.45, 7) is 0. The number of rotatable bonds is 4. The molecule has 4 heteroatoms. The van der Waals surface area contributed by atoms with Crippen LogP contribution >= 0.6 is 34.0 Å². The highest BCUT2D eigenvalue weighted by molar-refractivity contribution is 7.13. The Morgan fingerprint density at radius 3 is 1.83 bits per heavy atom. The summed E-state index contributed by atoms with van der Waals surface area (Å²) in [7, 11) is 0. The van der Waals surface area contributed by atoms with E-state index in [2.05, 4.69) is 0 Å². The van der Waals surface area contributed by atoms with Crippen LogP contribution in [0.5, 0.6) is 0 Å². The van der Waals surface area contributed by atoms with E-state index in [1.54, 1.807) is 22.7 Å².